The van der Waals surface area contributed by atoms with E-state index in [4.69, 9.17) is 19.2 Å². The van der Waals surface area contributed by atoms with Crippen molar-refractivity contribution in [2.45, 2.75) is 0 Å². The second kappa shape index (κ2) is 8.98. The first kappa shape index (κ1) is 22.5. The summed E-state index contributed by atoms with van der Waals surface area (Å²) in [5, 5.41) is 0. The van der Waals surface area contributed by atoms with Crippen molar-refractivity contribution in [3.63, 3.8) is 0 Å². The summed E-state index contributed by atoms with van der Waals surface area (Å²) in [6, 6.07) is 0. The molecule has 0 aromatic carbocycles. The summed E-state index contributed by atoms with van der Waals surface area (Å²) in [6.07, 6.45) is 0. The molecule has 0 spiro atoms. The van der Waals surface area contributed by atoms with Crippen molar-refractivity contribution in [2.24, 2.45) is 0 Å². The molecule has 0 amide bonds. The second-order valence-electron chi connectivity index (χ2n) is 0.513. The molecular weight excluding hydrogens is 310 g/mol. The molecule has 0 rings (SSSR count). The summed E-state index contributed by atoms with van der Waals surface area (Å²) in [6.45, 7) is 0. The van der Waals surface area contributed by atoms with E-state index in [-0.39, 0.29) is 60.0 Å². The molecule has 0 saturated carbocycles. The monoisotopic (exact) mass is 317 g/mol. The summed E-state index contributed by atoms with van der Waals surface area (Å²) < 4.78 is 8.88. The van der Waals surface area contributed by atoms with E-state index >= 15 is 0 Å². The molecule has 8 heteroatoms. The van der Waals surface area contributed by atoms with Crippen LogP contribution in [-0.4, -0.2) is 32.0 Å². The maximum Gasteiger partial charge on any atom is 1.00 e. The van der Waals surface area contributed by atoms with Gasteiger partial charge in [-0.2, -0.15) is 0 Å². The van der Waals surface area contributed by atoms with Gasteiger partial charge in [-0.1, -0.05) is 0 Å². The molecule has 0 saturated heterocycles. The third kappa shape index (κ3) is 99.2. The van der Waals surface area contributed by atoms with Crippen LogP contribution in [0.4, 0.5) is 0 Å². The first-order valence-corrected chi connectivity index (χ1v) is 2.35. The van der Waals surface area contributed by atoms with Crippen LogP contribution in [0.25, 0.3) is 0 Å². The first-order chi connectivity index (χ1) is 2.00. The Morgan fingerprint density at radius 1 is 1.25 bits per heavy atom. The van der Waals surface area contributed by atoms with Crippen molar-refractivity contribution in [3.8, 4) is 0 Å². The molecule has 0 atom stereocenters. The third-order valence-corrected chi connectivity index (χ3v) is 0. The molecule has 0 aliphatic heterocycles. The van der Waals surface area contributed by atoms with E-state index in [2.05, 4.69) is 0 Å². The third-order valence-electron chi connectivity index (χ3n) is 0. The molecule has 1 radical (unpaired) electrons. The Morgan fingerprint density at radius 3 is 1.25 bits per heavy atom. The quantitative estimate of drug-likeness (QED) is 0.309. The zero-order chi connectivity index (χ0) is 4.50. The van der Waals surface area contributed by atoms with E-state index in [9.17, 15) is 0 Å². The Bertz CT molecular complexity index is 66.7. The molecule has 0 aliphatic rings. The maximum atomic E-state index is 8.88. The number of phosphoric acid groups is 1. The number of rotatable bonds is 0. The maximum absolute atomic E-state index is 8.88. The normalized spacial score (nSPS) is 7.38. The van der Waals surface area contributed by atoms with Gasteiger partial charge in [0.2, 0.25) is 0 Å². The summed E-state index contributed by atoms with van der Waals surface area (Å²) in [7, 11) is -4.64. The van der Waals surface area contributed by atoms with Gasteiger partial charge in [0.05, 0.1) is 0 Å². The van der Waals surface area contributed by atoms with Crippen LogP contribution < -0.4 is 18.9 Å². The van der Waals surface area contributed by atoms with E-state index in [0.29, 0.717) is 0 Å². The van der Waals surface area contributed by atoms with Crippen molar-refractivity contribution in [1.82, 2.24) is 0 Å². The van der Waals surface area contributed by atoms with Gasteiger partial charge in [-0.25, -0.2) is 4.57 Å². The summed E-state index contributed by atoms with van der Waals surface area (Å²) >= 11 is 0. The smallest absolute Gasteiger partial charge is 1.00 e. The van der Waals surface area contributed by atoms with Gasteiger partial charge in [-0.05, 0) is 0 Å². The molecule has 8 heavy (non-hydrogen) atoms. The van der Waals surface area contributed by atoms with Gasteiger partial charge in [-0.15, -0.1) is 0 Å². The molecule has 0 aromatic heterocycles. The van der Waals surface area contributed by atoms with E-state index in [1.165, 1.54) is 0 Å². The minimum absolute atomic E-state index is 0. The zero-order valence-corrected chi connectivity index (χ0v) is 7.75. The Hall–Kier alpha value is 1.98. The molecule has 0 fully saturated rings. The molecular formula is H7AlLiO4PTa. The van der Waals surface area contributed by atoms with E-state index < -0.39 is 7.82 Å². The zero-order valence-electron chi connectivity index (χ0n) is 4.64. The minimum Gasteiger partial charge on any atom is -1.00 e. The van der Waals surface area contributed by atoms with Crippen LogP contribution in [0.3, 0.4) is 0 Å². The topological polar surface area (TPSA) is 77.8 Å². The molecule has 0 aliphatic carbocycles. The molecule has 45 valence electrons. The Morgan fingerprint density at radius 2 is 1.25 bits per heavy atom. The standard InChI is InChI=1S/Al.Li.H3O4P.Ta.4H/c;;1-5(2,3)4;;;;;/h;;(H3,1,2,3,4);;;;;/q;+1;;;;;;-1. The molecule has 0 bridgehead atoms. The minimum atomic E-state index is -4.64. The predicted octanol–water partition coefficient (Wildman–Crippen LogP) is -5.00. The summed E-state index contributed by atoms with van der Waals surface area (Å²) in [5.41, 5.74) is 0. The van der Waals surface area contributed by atoms with Gasteiger partial charge in [0, 0.05) is 22.4 Å². The molecule has 3 N–H and O–H groups in total. The van der Waals surface area contributed by atoms with Crippen LogP contribution in [0, 0.1) is 0 Å². The predicted molar refractivity (Wildman–Crippen MR) is 25.3 cm³/mol. The fraction of sp³-hybridized carbons (Fsp3) is 0. The van der Waals surface area contributed by atoms with Gasteiger partial charge in [0.1, 0.15) is 0 Å². The molecule has 4 nitrogen and oxygen atoms in total. The average molecular weight is 317 g/mol. The second-order valence-corrected chi connectivity index (χ2v) is 1.54. The average Bonchev–Trinajstić information content (AvgIpc) is 0.722. The summed E-state index contributed by atoms with van der Waals surface area (Å²) in [4.78, 5) is 21.6. The number of hydrogen-bond donors (Lipinski definition) is 3. The van der Waals surface area contributed by atoms with Gasteiger partial charge in [0.25, 0.3) is 0 Å². The molecule has 0 heterocycles. The van der Waals surface area contributed by atoms with Crippen LogP contribution in [0.1, 0.15) is 1.43 Å². The molecule has 0 aromatic rings. The van der Waals surface area contributed by atoms with E-state index in [1.54, 1.807) is 0 Å². The first-order valence-electron chi connectivity index (χ1n) is 0.783. The van der Waals surface area contributed by atoms with Crippen molar-refractivity contribution in [1.29, 1.82) is 0 Å². The Kier molecular flexibility index (Phi) is 25.3. The number of hydrogen-bond acceptors (Lipinski definition) is 1. The Labute approximate surface area is 86.6 Å². The van der Waals surface area contributed by atoms with Crippen LogP contribution in [0.15, 0.2) is 0 Å². The van der Waals surface area contributed by atoms with Crippen LogP contribution in [0.5, 0.6) is 0 Å². The Balaban J connectivity index is -0.0000000133. The van der Waals surface area contributed by atoms with Crippen LogP contribution in [-0.2, 0) is 26.9 Å². The largest absolute Gasteiger partial charge is 1.00 e. The van der Waals surface area contributed by atoms with Crippen LogP contribution in [0.2, 0.25) is 0 Å². The van der Waals surface area contributed by atoms with Crippen molar-refractivity contribution < 1.29 is 61.9 Å². The van der Waals surface area contributed by atoms with Crippen LogP contribution >= 0.6 is 7.82 Å². The SMILES string of the molecule is O=P(O)(O)O.[AlH3].[H-].[Li+].[Ta]. The fourth-order valence-corrected chi connectivity index (χ4v) is 0. The van der Waals surface area contributed by atoms with E-state index in [0.717, 1.165) is 0 Å². The van der Waals surface area contributed by atoms with Crippen molar-refractivity contribution in [2.75, 3.05) is 0 Å². The van der Waals surface area contributed by atoms with Gasteiger partial charge in [0.15, 0.2) is 17.4 Å². The van der Waals surface area contributed by atoms with Crippen molar-refractivity contribution in [3.05, 3.63) is 0 Å². The summed E-state index contributed by atoms with van der Waals surface area (Å²) in [5.74, 6) is 0. The van der Waals surface area contributed by atoms with E-state index in [1.807, 2.05) is 0 Å². The van der Waals surface area contributed by atoms with Gasteiger partial charge >= 0.3 is 26.7 Å². The van der Waals surface area contributed by atoms with Gasteiger partial charge < -0.3 is 16.1 Å². The molecule has 0 unspecified atom stereocenters. The van der Waals surface area contributed by atoms with Crippen molar-refractivity contribution >= 4 is 25.2 Å². The van der Waals surface area contributed by atoms with Gasteiger partial charge in [-0.3, -0.25) is 0 Å². The fourth-order valence-electron chi connectivity index (χ4n) is 0.